The predicted molar refractivity (Wildman–Crippen MR) is 64.8 cm³/mol. The second-order valence-corrected chi connectivity index (χ2v) is 4.57. The number of thioether (sulfide) groups is 1. The molecule has 1 aromatic rings. The van der Waals surface area contributed by atoms with Crippen molar-refractivity contribution in [3.05, 3.63) is 23.8 Å². The molecular formula is C12H17NOS. The Morgan fingerprint density at radius 1 is 1.47 bits per heavy atom. The monoisotopic (exact) mass is 223 g/mol. The number of nitrogens with one attached hydrogen (secondary N) is 1. The Morgan fingerprint density at radius 3 is 2.93 bits per heavy atom. The summed E-state index contributed by atoms with van der Waals surface area (Å²) >= 11 is 1.79. The van der Waals surface area contributed by atoms with E-state index in [2.05, 4.69) is 29.8 Å². The summed E-state index contributed by atoms with van der Waals surface area (Å²) in [6.07, 6.45) is 4.59. The van der Waals surface area contributed by atoms with Gasteiger partial charge in [-0.2, -0.15) is 0 Å². The summed E-state index contributed by atoms with van der Waals surface area (Å²) in [5.74, 6) is 1.02. The average Bonchev–Trinajstić information content (AvgIpc) is 2.81. The zero-order valence-electron chi connectivity index (χ0n) is 9.25. The van der Waals surface area contributed by atoms with E-state index in [4.69, 9.17) is 4.74 Å². The van der Waals surface area contributed by atoms with Gasteiger partial charge in [-0.3, -0.25) is 0 Å². The fraction of sp³-hybridized carbons (Fsp3) is 0.500. The van der Waals surface area contributed by atoms with E-state index in [-0.39, 0.29) is 0 Å². The van der Waals surface area contributed by atoms with Crippen molar-refractivity contribution in [3.63, 3.8) is 0 Å². The van der Waals surface area contributed by atoms with Crippen molar-refractivity contribution >= 4 is 11.8 Å². The molecule has 3 heteroatoms. The van der Waals surface area contributed by atoms with Gasteiger partial charge in [-0.05, 0) is 37.8 Å². The van der Waals surface area contributed by atoms with Crippen LogP contribution in [-0.4, -0.2) is 19.9 Å². The molecule has 0 spiro atoms. The molecule has 0 aromatic heterocycles. The van der Waals surface area contributed by atoms with Crippen LogP contribution in [0.15, 0.2) is 23.1 Å². The lowest BCUT2D eigenvalue weighted by atomic mass is 10.0. The molecule has 1 aliphatic heterocycles. The van der Waals surface area contributed by atoms with Gasteiger partial charge in [0, 0.05) is 16.5 Å². The van der Waals surface area contributed by atoms with Crippen molar-refractivity contribution < 1.29 is 4.74 Å². The van der Waals surface area contributed by atoms with E-state index in [9.17, 15) is 0 Å². The van der Waals surface area contributed by atoms with Crippen LogP contribution in [0.5, 0.6) is 5.75 Å². The molecule has 2 nitrogen and oxygen atoms in total. The van der Waals surface area contributed by atoms with Crippen LogP contribution in [0.3, 0.4) is 0 Å². The largest absolute Gasteiger partial charge is 0.496 e. The second kappa shape index (κ2) is 4.90. The lowest BCUT2D eigenvalue weighted by molar-refractivity contribution is 0.401. The van der Waals surface area contributed by atoms with Crippen molar-refractivity contribution in [2.75, 3.05) is 19.9 Å². The third kappa shape index (κ3) is 2.13. The lowest BCUT2D eigenvalue weighted by Gasteiger charge is -2.18. The first kappa shape index (κ1) is 10.8. The Balaban J connectivity index is 2.39. The molecule has 1 aliphatic rings. The molecule has 0 radical (unpaired) electrons. The highest BCUT2D eigenvalue weighted by atomic mass is 32.2. The van der Waals surface area contributed by atoms with E-state index in [1.165, 1.54) is 23.3 Å². The van der Waals surface area contributed by atoms with Crippen molar-refractivity contribution in [3.8, 4) is 5.75 Å². The van der Waals surface area contributed by atoms with Crippen molar-refractivity contribution in [1.29, 1.82) is 0 Å². The van der Waals surface area contributed by atoms with Crippen molar-refractivity contribution in [2.24, 2.45) is 0 Å². The fourth-order valence-corrected chi connectivity index (χ4v) is 2.83. The predicted octanol–water partition coefficient (Wildman–Crippen LogP) is 2.84. The number of hydrogen-bond donors (Lipinski definition) is 1. The Morgan fingerprint density at radius 2 is 2.33 bits per heavy atom. The highest BCUT2D eigenvalue weighted by Gasteiger charge is 2.22. The van der Waals surface area contributed by atoms with E-state index in [0.717, 1.165) is 12.3 Å². The third-order valence-electron chi connectivity index (χ3n) is 2.87. The van der Waals surface area contributed by atoms with E-state index in [1.807, 2.05) is 0 Å². The summed E-state index contributed by atoms with van der Waals surface area (Å²) in [6.45, 7) is 1.12. The molecule has 1 heterocycles. The molecule has 82 valence electrons. The van der Waals surface area contributed by atoms with Gasteiger partial charge in [-0.1, -0.05) is 6.07 Å². The molecule has 0 aliphatic carbocycles. The van der Waals surface area contributed by atoms with Gasteiger partial charge in [0.15, 0.2) is 0 Å². The van der Waals surface area contributed by atoms with E-state index in [0.29, 0.717) is 6.04 Å². The summed E-state index contributed by atoms with van der Waals surface area (Å²) in [4.78, 5) is 1.33. The number of ether oxygens (including phenoxy) is 1. The summed E-state index contributed by atoms with van der Waals surface area (Å²) < 4.78 is 5.45. The zero-order chi connectivity index (χ0) is 10.7. The van der Waals surface area contributed by atoms with Crippen LogP contribution in [-0.2, 0) is 0 Å². The summed E-state index contributed by atoms with van der Waals surface area (Å²) in [5, 5.41) is 3.53. The van der Waals surface area contributed by atoms with E-state index >= 15 is 0 Å². The maximum atomic E-state index is 5.45. The van der Waals surface area contributed by atoms with Gasteiger partial charge in [0.05, 0.1) is 7.11 Å². The highest BCUT2D eigenvalue weighted by Crippen LogP contribution is 2.37. The Hall–Kier alpha value is -0.670. The van der Waals surface area contributed by atoms with Crippen molar-refractivity contribution in [1.82, 2.24) is 5.32 Å². The van der Waals surface area contributed by atoms with Gasteiger partial charge < -0.3 is 10.1 Å². The SMILES string of the molecule is COc1cccc(SC)c1C1CCCN1. The van der Waals surface area contributed by atoms with Crippen molar-refractivity contribution in [2.45, 2.75) is 23.8 Å². The minimum atomic E-state index is 0.476. The van der Waals surface area contributed by atoms with Gasteiger partial charge in [-0.25, -0.2) is 0 Å². The summed E-state index contributed by atoms with van der Waals surface area (Å²) in [7, 11) is 1.75. The topological polar surface area (TPSA) is 21.3 Å². The lowest BCUT2D eigenvalue weighted by Crippen LogP contribution is -2.14. The molecule has 1 saturated heterocycles. The van der Waals surface area contributed by atoms with Gasteiger partial charge in [-0.15, -0.1) is 11.8 Å². The van der Waals surface area contributed by atoms with E-state index in [1.54, 1.807) is 18.9 Å². The minimum Gasteiger partial charge on any atom is -0.496 e. The highest BCUT2D eigenvalue weighted by molar-refractivity contribution is 7.98. The standard InChI is InChI=1S/C12H17NOS/c1-14-10-6-3-7-11(15-2)12(10)9-5-4-8-13-9/h3,6-7,9,13H,4-5,8H2,1-2H3. The summed E-state index contributed by atoms with van der Waals surface area (Å²) in [5.41, 5.74) is 1.34. The zero-order valence-corrected chi connectivity index (χ0v) is 10.1. The first-order valence-electron chi connectivity index (χ1n) is 5.31. The Kier molecular flexibility index (Phi) is 3.54. The molecular weight excluding hydrogens is 206 g/mol. The number of benzene rings is 1. The third-order valence-corrected chi connectivity index (χ3v) is 3.67. The van der Waals surface area contributed by atoms with Gasteiger partial charge >= 0.3 is 0 Å². The molecule has 0 saturated carbocycles. The molecule has 0 bridgehead atoms. The molecule has 15 heavy (non-hydrogen) atoms. The molecule has 0 amide bonds. The van der Waals surface area contributed by atoms with Crippen LogP contribution in [0.2, 0.25) is 0 Å². The van der Waals surface area contributed by atoms with Crippen LogP contribution in [0.25, 0.3) is 0 Å². The van der Waals surface area contributed by atoms with Crippen LogP contribution in [0.4, 0.5) is 0 Å². The minimum absolute atomic E-state index is 0.476. The average molecular weight is 223 g/mol. The molecule has 1 atom stereocenters. The molecule has 2 rings (SSSR count). The quantitative estimate of drug-likeness (QED) is 0.796. The number of hydrogen-bond acceptors (Lipinski definition) is 3. The van der Waals surface area contributed by atoms with Crippen LogP contribution < -0.4 is 10.1 Å². The maximum absolute atomic E-state index is 5.45. The van der Waals surface area contributed by atoms with Crippen LogP contribution in [0, 0.1) is 0 Å². The fourth-order valence-electron chi connectivity index (χ4n) is 2.15. The number of methoxy groups -OCH3 is 1. The Labute approximate surface area is 95.4 Å². The number of rotatable bonds is 3. The maximum Gasteiger partial charge on any atom is 0.124 e. The Bertz CT molecular complexity index is 312. The van der Waals surface area contributed by atoms with Crippen LogP contribution in [0.1, 0.15) is 24.4 Å². The molecule has 1 aromatic carbocycles. The normalized spacial score (nSPS) is 20.5. The second-order valence-electron chi connectivity index (χ2n) is 3.73. The van der Waals surface area contributed by atoms with Gasteiger partial charge in [0.2, 0.25) is 0 Å². The first-order chi connectivity index (χ1) is 7.36. The van der Waals surface area contributed by atoms with Gasteiger partial charge in [0.1, 0.15) is 5.75 Å². The van der Waals surface area contributed by atoms with E-state index < -0.39 is 0 Å². The summed E-state index contributed by atoms with van der Waals surface area (Å²) in [6, 6.07) is 6.75. The molecule has 1 N–H and O–H groups in total. The van der Waals surface area contributed by atoms with Crippen LogP contribution >= 0.6 is 11.8 Å². The smallest absolute Gasteiger partial charge is 0.124 e. The molecule has 1 fully saturated rings. The first-order valence-corrected chi connectivity index (χ1v) is 6.53. The van der Waals surface area contributed by atoms with Gasteiger partial charge in [0.25, 0.3) is 0 Å². The molecule has 1 unspecified atom stereocenters.